The van der Waals surface area contributed by atoms with Crippen LogP contribution in [-0.2, 0) is 0 Å². The number of hydrogen-bond acceptors (Lipinski definition) is 3. The third-order valence-corrected chi connectivity index (χ3v) is 4.58. The lowest BCUT2D eigenvalue weighted by atomic mass is 10.1. The number of nitrogens with one attached hydrogen (secondary N) is 1. The summed E-state index contributed by atoms with van der Waals surface area (Å²) in [7, 11) is 0. The molecule has 4 heteroatoms. The fraction of sp³-hybridized carbons (Fsp3) is 0.500. The molecule has 1 aromatic carbocycles. The van der Waals surface area contributed by atoms with Gasteiger partial charge < -0.3 is 5.32 Å². The van der Waals surface area contributed by atoms with Crippen LogP contribution >= 0.6 is 27.7 Å². The summed E-state index contributed by atoms with van der Waals surface area (Å²) in [5.41, 5.74) is 1.28. The first-order valence-corrected chi connectivity index (χ1v) is 8.19. The van der Waals surface area contributed by atoms with Gasteiger partial charge in [0.2, 0.25) is 0 Å². The topological polar surface area (TPSA) is 24.4 Å². The highest BCUT2D eigenvalue weighted by Crippen LogP contribution is 2.22. The molecular formula is C14H19BrN2S. The Kier molecular flexibility index (Phi) is 5.13. The average molecular weight is 327 g/mol. The van der Waals surface area contributed by atoms with Crippen molar-refractivity contribution in [3.63, 3.8) is 0 Å². The predicted octanol–water partition coefficient (Wildman–Crippen LogP) is 4.37. The molecule has 2 nitrogen and oxygen atoms in total. The molecule has 1 aliphatic rings. The number of hydrogen-bond donors (Lipinski definition) is 1. The molecular weight excluding hydrogens is 308 g/mol. The Morgan fingerprint density at radius 1 is 1.56 bits per heavy atom. The predicted molar refractivity (Wildman–Crippen MR) is 84.3 cm³/mol. The summed E-state index contributed by atoms with van der Waals surface area (Å²) in [4.78, 5) is 4.74. The van der Waals surface area contributed by atoms with Crippen molar-refractivity contribution in [1.82, 2.24) is 5.32 Å². The SMILES string of the molecule is CCC1CCSC(NC(C)c2cccc(Br)c2)=N1. The Hall–Kier alpha value is -0.480. The molecule has 1 aromatic rings. The van der Waals surface area contributed by atoms with Crippen LogP contribution < -0.4 is 5.32 Å². The summed E-state index contributed by atoms with van der Waals surface area (Å²) in [6.45, 7) is 4.39. The molecule has 2 atom stereocenters. The van der Waals surface area contributed by atoms with Crippen molar-refractivity contribution in [2.24, 2.45) is 4.99 Å². The highest BCUT2D eigenvalue weighted by atomic mass is 79.9. The largest absolute Gasteiger partial charge is 0.358 e. The van der Waals surface area contributed by atoms with Gasteiger partial charge in [-0.15, -0.1) is 0 Å². The molecule has 0 saturated heterocycles. The molecule has 0 saturated carbocycles. The van der Waals surface area contributed by atoms with Crippen molar-refractivity contribution in [2.45, 2.75) is 38.8 Å². The van der Waals surface area contributed by atoms with Gasteiger partial charge in [-0.05, 0) is 37.5 Å². The quantitative estimate of drug-likeness (QED) is 0.891. The minimum absolute atomic E-state index is 0.296. The number of halogens is 1. The van der Waals surface area contributed by atoms with E-state index in [-0.39, 0.29) is 0 Å². The molecule has 2 rings (SSSR count). The van der Waals surface area contributed by atoms with E-state index in [4.69, 9.17) is 4.99 Å². The number of rotatable bonds is 3. The van der Waals surface area contributed by atoms with Crippen LogP contribution in [0, 0.1) is 0 Å². The van der Waals surface area contributed by atoms with Crippen molar-refractivity contribution >= 4 is 32.9 Å². The summed E-state index contributed by atoms with van der Waals surface area (Å²) >= 11 is 5.35. The zero-order chi connectivity index (χ0) is 13.0. The Morgan fingerprint density at radius 2 is 2.39 bits per heavy atom. The van der Waals surface area contributed by atoms with Gasteiger partial charge in [0, 0.05) is 10.2 Å². The molecule has 0 bridgehead atoms. The molecule has 0 aromatic heterocycles. The first kappa shape index (κ1) is 13.9. The van der Waals surface area contributed by atoms with E-state index >= 15 is 0 Å². The standard InChI is InChI=1S/C14H19BrN2S/c1-3-13-7-8-18-14(17-13)16-10(2)11-5-4-6-12(15)9-11/h4-6,9-10,13H,3,7-8H2,1-2H3,(H,16,17). The van der Waals surface area contributed by atoms with Gasteiger partial charge in [-0.3, -0.25) is 4.99 Å². The fourth-order valence-electron chi connectivity index (χ4n) is 1.98. The minimum Gasteiger partial charge on any atom is -0.358 e. The highest BCUT2D eigenvalue weighted by molar-refractivity contribution is 9.10. The van der Waals surface area contributed by atoms with Crippen molar-refractivity contribution in [3.8, 4) is 0 Å². The van der Waals surface area contributed by atoms with Crippen LogP contribution in [0.25, 0.3) is 0 Å². The van der Waals surface area contributed by atoms with Crippen LogP contribution in [0.15, 0.2) is 33.7 Å². The summed E-state index contributed by atoms with van der Waals surface area (Å²) in [5, 5.41) is 4.62. The second kappa shape index (κ2) is 6.62. The number of thioether (sulfide) groups is 1. The average Bonchev–Trinajstić information content (AvgIpc) is 2.39. The summed E-state index contributed by atoms with van der Waals surface area (Å²) in [6.07, 6.45) is 2.34. The van der Waals surface area contributed by atoms with Crippen molar-refractivity contribution in [1.29, 1.82) is 0 Å². The van der Waals surface area contributed by atoms with Gasteiger partial charge in [0.1, 0.15) is 0 Å². The van der Waals surface area contributed by atoms with E-state index in [9.17, 15) is 0 Å². The van der Waals surface area contributed by atoms with E-state index in [0.717, 1.165) is 16.1 Å². The summed E-state index contributed by atoms with van der Waals surface area (Å²) < 4.78 is 1.12. The second-order valence-electron chi connectivity index (χ2n) is 4.55. The molecule has 1 N–H and O–H groups in total. The molecule has 0 amide bonds. The fourth-order valence-corrected chi connectivity index (χ4v) is 3.46. The molecule has 1 aliphatic heterocycles. The molecule has 0 radical (unpaired) electrons. The maximum atomic E-state index is 4.74. The highest BCUT2D eigenvalue weighted by Gasteiger charge is 2.16. The van der Waals surface area contributed by atoms with Crippen LogP contribution in [-0.4, -0.2) is 17.0 Å². The van der Waals surface area contributed by atoms with Gasteiger partial charge in [0.15, 0.2) is 5.17 Å². The van der Waals surface area contributed by atoms with E-state index in [1.54, 1.807) is 0 Å². The smallest absolute Gasteiger partial charge is 0.157 e. The number of aliphatic imine (C=N–C) groups is 1. The van der Waals surface area contributed by atoms with Gasteiger partial charge in [-0.25, -0.2) is 0 Å². The maximum Gasteiger partial charge on any atom is 0.157 e. The lowest BCUT2D eigenvalue weighted by molar-refractivity contribution is 0.622. The van der Waals surface area contributed by atoms with Crippen molar-refractivity contribution in [3.05, 3.63) is 34.3 Å². The van der Waals surface area contributed by atoms with Crippen LogP contribution in [0.2, 0.25) is 0 Å². The van der Waals surface area contributed by atoms with Crippen LogP contribution in [0.3, 0.4) is 0 Å². The Balaban J connectivity index is 2.03. The molecule has 18 heavy (non-hydrogen) atoms. The van der Waals surface area contributed by atoms with Gasteiger partial charge >= 0.3 is 0 Å². The van der Waals surface area contributed by atoms with Gasteiger partial charge in [-0.2, -0.15) is 0 Å². The van der Waals surface area contributed by atoms with E-state index in [1.807, 2.05) is 11.8 Å². The van der Waals surface area contributed by atoms with E-state index in [1.165, 1.54) is 17.7 Å². The zero-order valence-corrected chi connectivity index (χ0v) is 13.2. The van der Waals surface area contributed by atoms with Crippen LogP contribution in [0.5, 0.6) is 0 Å². The summed E-state index contributed by atoms with van der Waals surface area (Å²) in [5.74, 6) is 1.18. The Labute approximate surface area is 122 Å². The zero-order valence-electron chi connectivity index (χ0n) is 10.8. The molecule has 0 aliphatic carbocycles. The number of benzene rings is 1. The molecule has 0 spiro atoms. The van der Waals surface area contributed by atoms with E-state index in [0.29, 0.717) is 12.1 Å². The number of nitrogens with zero attached hydrogens (tertiary/aromatic N) is 1. The van der Waals surface area contributed by atoms with Crippen molar-refractivity contribution < 1.29 is 0 Å². The van der Waals surface area contributed by atoms with Crippen LogP contribution in [0.1, 0.15) is 38.3 Å². The minimum atomic E-state index is 0.296. The molecule has 0 fully saturated rings. The van der Waals surface area contributed by atoms with Crippen LogP contribution in [0.4, 0.5) is 0 Å². The first-order chi connectivity index (χ1) is 8.69. The lowest BCUT2D eigenvalue weighted by Gasteiger charge is -2.23. The van der Waals surface area contributed by atoms with Gasteiger partial charge in [0.25, 0.3) is 0 Å². The normalized spacial score (nSPS) is 21.3. The summed E-state index contributed by atoms with van der Waals surface area (Å²) in [6, 6.07) is 9.22. The second-order valence-corrected chi connectivity index (χ2v) is 6.55. The third kappa shape index (κ3) is 3.75. The van der Waals surface area contributed by atoms with E-state index in [2.05, 4.69) is 59.4 Å². The molecule has 98 valence electrons. The Bertz CT molecular complexity index is 434. The van der Waals surface area contributed by atoms with Gasteiger partial charge in [-0.1, -0.05) is 46.7 Å². The Morgan fingerprint density at radius 3 is 3.11 bits per heavy atom. The lowest BCUT2D eigenvalue weighted by Crippen LogP contribution is -2.29. The maximum absolute atomic E-state index is 4.74. The monoisotopic (exact) mass is 326 g/mol. The first-order valence-electron chi connectivity index (χ1n) is 6.41. The molecule has 1 heterocycles. The number of amidine groups is 1. The van der Waals surface area contributed by atoms with E-state index < -0.39 is 0 Å². The van der Waals surface area contributed by atoms with Crippen molar-refractivity contribution in [2.75, 3.05) is 5.75 Å². The van der Waals surface area contributed by atoms with Gasteiger partial charge in [0.05, 0.1) is 12.1 Å². The third-order valence-electron chi connectivity index (χ3n) is 3.15. The molecule has 2 unspecified atom stereocenters.